The van der Waals surface area contributed by atoms with E-state index in [1.165, 1.54) is 6.07 Å². The second-order valence-electron chi connectivity index (χ2n) is 4.49. The Hall–Kier alpha value is -1.18. The molecule has 0 saturated heterocycles. The first kappa shape index (κ1) is 17.9. The first-order valence-electron chi connectivity index (χ1n) is 6.80. The fourth-order valence-electron chi connectivity index (χ4n) is 1.76. The molecular weight excluding hydrogens is 314 g/mol. The molecule has 0 radical (unpaired) electrons. The van der Waals surface area contributed by atoms with Crippen LogP contribution < -0.4 is 10.0 Å². The topological polar surface area (TPSA) is 88.2 Å². The maximum atomic E-state index is 12.0. The van der Waals surface area contributed by atoms with Crippen LogP contribution in [0.1, 0.15) is 36.3 Å². The largest absolute Gasteiger partial charge is 0.351 e. The van der Waals surface area contributed by atoms with E-state index in [0.717, 1.165) is 18.5 Å². The number of nitrogens with one attached hydrogen (secondary N) is 2. The number of halogens is 1. The van der Waals surface area contributed by atoms with Gasteiger partial charge in [-0.1, -0.05) is 31.9 Å². The van der Waals surface area contributed by atoms with E-state index in [1.54, 1.807) is 13.0 Å². The maximum Gasteiger partial charge on any atom is 0.251 e. The molecule has 0 aromatic carbocycles. The lowest BCUT2D eigenvalue weighted by atomic mass is 10.1. The van der Waals surface area contributed by atoms with Gasteiger partial charge >= 0.3 is 0 Å². The molecule has 0 bridgehead atoms. The number of hydrogen-bond donors (Lipinski definition) is 2. The quantitative estimate of drug-likeness (QED) is 0.703. The Labute approximate surface area is 130 Å². The Morgan fingerprint density at radius 1 is 1.33 bits per heavy atom. The van der Waals surface area contributed by atoms with Crippen LogP contribution in [-0.4, -0.2) is 38.2 Å². The van der Waals surface area contributed by atoms with Crippen molar-refractivity contribution in [2.75, 3.05) is 18.8 Å². The highest BCUT2D eigenvalue weighted by Crippen LogP contribution is 2.12. The molecule has 6 nitrogen and oxygen atoms in total. The van der Waals surface area contributed by atoms with Crippen molar-refractivity contribution in [2.24, 2.45) is 0 Å². The minimum Gasteiger partial charge on any atom is -0.351 e. The summed E-state index contributed by atoms with van der Waals surface area (Å²) < 4.78 is 25.3. The Balaban J connectivity index is 2.64. The highest BCUT2D eigenvalue weighted by molar-refractivity contribution is 7.89. The molecule has 8 heteroatoms. The van der Waals surface area contributed by atoms with E-state index in [2.05, 4.69) is 15.0 Å². The molecule has 1 heterocycles. The molecule has 0 aliphatic carbocycles. The zero-order valence-corrected chi connectivity index (χ0v) is 13.7. The van der Waals surface area contributed by atoms with E-state index < -0.39 is 10.0 Å². The third-order valence-corrected chi connectivity index (χ3v) is 4.30. The molecule has 0 saturated carbocycles. The van der Waals surface area contributed by atoms with Gasteiger partial charge in [-0.25, -0.2) is 18.1 Å². The van der Waals surface area contributed by atoms with E-state index in [-0.39, 0.29) is 23.4 Å². The Bertz CT molecular complexity index is 590. The monoisotopic (exact) mass is 333 g/mol. The van der Waals surface area contributed by atoms with Crippen LogP contribution in [0.25, 0.3) is 0 Å². The van der Waals surface area contributed by atoms with Crippen LogP contribution >= 0.6 is 11.6 Å². The minimum absolute atomic E-state index is 0.0389. The molecule has 0 fully saturated rings. The van der Waals surface area contributed by atoms with Gasteiger partial charge in [0.05, 0.1) is 5.75 Å². The van der Waals surface area contributed by atoms with Crippen molar-refractivity contribution in [1.29, 1.82) is 0 Å². The molecule has 118 valence electrons. The summed E-state index contributed by atoms with van der Waals surface area (Å²) in [6.07, 6.45) is 1.63. The number of aryl methyl sites for hydroxylation is 1. The number of carbonyl (C=O) groups excluding carboxylic acids is 1. The van der Waals surface area contributed by atoms with Crippen molar-refractivity contribution in [1.82, 2.24) is 15.0 Å². The fourth-order valence-corrected chi connectivity index (χ4v) is 2.94. The molecule has 1 amide bonds. The van der Waals surface area contributed by atoms with Gasteiger partial charge in [0.15, 0.2) is 0 Å². The Morgan fingerprint density at radius 3 is 2.67 bits per heavy atom. The lowest BCUT2D eigenvalue weighted by Gasteiger charge is -2.08. The van der Waals surface area contributed by atoms with Crippen LogP contribution in [0.2, 0.25) is 5.15 Å². The second-order valence-corrected chi connectivity index (χ2v) is 6.81. The number of sulfonamides is 1. The molecule has 0 aliphatic heterocycles. The maximum absolute atomic E-state index is 12.0. The summed E-state index contributed by atoms with van der Waals surface area (Å²) in [5, 5.41) is 2.82. The number of aromatic nitrogens is 1. The number of nitrogens with zero attached hydrogens (tertiary/aromatic N) is 1. The van der Waals surface area contributed by atoms with Crippen molar-refractivity contribution in [3.05, 3.63) is 28.5 Å². The number of carbonyl (C=O) groups is 1. The Morgan fingerprint density at radius 2 is 2.05 bits per heavy atom. The smallest absolute Gasteiger partial charge is 0.251 e. The molecule has 1 rings (SSSR count). The molecule has 0 spiro atoms. The minimum atomic E-state index is -3.34. The van der Waals surface area contributed by atoms with E-state index in [4.69, 9.17) is 11.6 Å². The third kappa shape index (κ3) is 6.41. The predicted octanol–water partition coefficient (Wildman–Crippen LogP) is 1.36. The average Bonchev–Trinajstić information content (AvgIpc) is 2.38. The summed E-state index contributed by atoms with van der Waals surface area (Å²) in [4.78, 5) is 16.1. The van der Waals surface area contributed by atoms with E-state index in [1.807, 2.05) is 6.92 Å². The van der Waals surface area contributed by atoms with Gasteiger partial charge in [-0.05, 0) is 18.6 Å². The van der Waals surface area contributed by atoms with Gasteiger partial charge in [0, 0.05) is 24.3 Å². The van der Waals surface area contributed by atoms with Crippen LogP contribution in [0.3, 0.4) is 0 Å². The number of hydrogen-bond acceptors (Lipinski definition) is 4. The highest BCUT2D eigenvalue weighted by Gasteiger charge is 2.12. The van der Waals surface area contributed by atoms with Crippen molar-refractivity contribution in [2.45, 2.75) is 26.7 Å². The van der Waals surface area contributed by atoms with Gasteiger partial charge < -0.3 is 5.32 Å². The first-order valence-corrected chi connectivity index (χ1v) is 8.83. The molecule has 0 unspecified atom stereocenters. The van der Waals surface area contributed by atoms with Gasteiger partial charge in [-0.15, -0.1) is 0 Å². The summed E-state index contributed by atoms with van der Waals surface area (Å²) in [5.74, 6) is -0.518. The van der Waals surface area contributed by atoms with Crippen LogP contribution in [0, 0.1) is 0 Å². The zero-order chi connectivity index (χ0) is 15.9. The highest BCUT2D eigenvalue weighted by atomic mass is 35.5. The SMILES string of the molecule is CCCc1cc(C(=O)NCCS(=O)(=O)NCC)cc(Cl)n1. The average molecular weight is 334 g/mol. The normalized spacial score (nSPS) is 11.4. The molecule has 1 aromatic heterocycles. The fraction of sp³-hybridized carbons (Fsp3) is 0.538. The van der Waals surface area contributed by atoms with E-state index in [9.17, 15) is 13.2 Å². The van der Waals surface area contributed by atoms with Crippen molar-refractivity contribution in [3.8, 4) is 0 Å². The number of pyridine rings is 1. The van der Waals surface area contributed by atoms with Gasteiger partial charge in [0.1, 0.15) is 5.15 Å². The number of rotatable bonds is 8. The second kappa shape index (κ2) is 8.31. The summed E-state index contributed by atoms with van der Waals surface area (Å²) >= 11 is 5.88. The molecule has 1 aromatic rings. The molecule has 0 atom stereocenters. The summed E-state index contributed by atoms with van der Waals surface area (Å²) in [6, 6.07) is 3.14. The standard InChI is InChI=1S/C13H20ClN3O3S/c1-3-5-11-8-10(9-12(14)17-11)13(18)15-6-7-21(19,20)16-4-2/h8-9,16H,3-7H2,1-2H3,(H,15,18). The number of amides is 1. The van der Waals surface area contributed by atoms with Crippen LogP contribution in [0.5, 0.6) is 0 Å². The summed E-state index contributed by atoms with van der Waals surface area (Å²) in [6.45, 7) is 4.08. The lowest BCUT2D eigenvalue weighted by molar-refractivity contribution is 0.0956. The molecular formula is C13H20ClN3O3S. The third-order valence-electron chi connectivity index (χ3n) is 2.64. The molecule has 2 N–H and O–H groups in total. The summed E-state index contributed by atoms with van der Waals surface area (Å²) in [7, 11) is -3.34. The summed E-state index contributed by atoms with van der Waals surface area (Å²) in [5.41, 5.74) is 1.13. The van der Waals surface area contributed by atoms with E-state index >= 15 is 0 Å². The van der Waals surface area contributed by atoms with Crippen LogP contribution in [0.15, 0.2) is 12.1 Å². The van der Waals surface area contributed by atoms with Gasteiger partial charge in [-0.3, -0.25) is 4.79 Å². The Kier molecular flexibility index (Phi) is 7.07. The van der Waals surface area contributed by atoms with Crippen molar-refractivity contribution in [3.63, 3.8) is 0 Å². The van der Waals surface area contributed by atoms with Crippen molar-refractivity contribution < 1.29 is 13.2 Å². The van der Waals surface area contributed by atoms with Crippen molar-refractivity contribution >= 4 is 27.5 Å². The van der Waals surface area contributed by atoms with Crippen LogP contribution in [0.4, 0.5) is 0 Å². The van der Waals surface area contributed by atoms with Crippen LogP contribution in [-0.2, 0) is 16.4 Å². The molecule has 21 heavy (non-hydrogen) atoms. The predicted molar refractivity (Wildman–Crippen MR) is 83.0 cm³/mol. The van der Waals surface area contributed by atoms with Gasteiger partial charge in [0.25, 0.3) is 5.91 Å². The van der Waals surface area contributed by atoms with Gasteiger partial charge in [-0.2, -0.15) is 0 Å². The lowest BCUT2D eigenvalue weighted by Crippen LogP contribution is -2.34. The molecule has 0 aliphatic rings. The van der Waals surface area contributed by atoms with E-state index in [0.29, 0.717) is 12.1 Å². The first-order chi connectivity index (χ1) is 9.88. The van der Waals surface area contributed by atoms with Gasteiger partial charge in [0.2, 0.25) is 10.0 Å². The zero-order valence-electron chi connectivity index (χ0n) is 12.1.